The molecule has 3 aromatic rings. The van der Waals surface area contributed by atoms with E-state index in [2.05, 4.69) is 10.8 Å². The Balaban J connectivity index is 1.68. The number of rotatable bonds is 9. The highest BCUT2D eigenvalue weighted by Crippen LogP contribution is 2.37. The van der Waals surface area contributed by atoms with Crippen molar-refractivity contribution in [2.75, 3.05) is 17.6 Å². The van der Waals surface area contributed by atoms with Crippen molar-refractivity contribution in [3.05, 3.63) is 60.2 Å². The zero-order valence-corrected chi connectivity index (χ0v) is 19.5. The fraction of sp³-hybridized carbons (Fsp3) is 0.346. The van der Waals surface area contributed by atoms with Crippen molar-refractivity contribution in [2.45, 2.75) is 38.5 Å². The molecule has 4 rings (SSSR count). The van der Waals surface area contributed by atoms with Crippen molar-refractivity contribution >= 4 is 32.5 Å². The minimum atomic E-state index is -3.34. The summed E-state index contributed by atoms with van der Waals surface area (Å²) < 4.78 is 31.9. The number of sulfonamides is 1. The minimum Gasteiger partial charge on any atom is -0.492 e. The highest BCUT2D eigenvalue weighted by molar-refractivity contribution is 7.92. The molecule has 6 nitrogen and oxygen atoms in total. The first kappa shape index (κ1) is 23.1. The van der Waals surface area contributed by atoms with Gasteiger partial charge < -0.3 is 9.84 Å². The summed E-state index contributed by atoms with van der Waals surface area (Å²) in [5.41, 5.74) is 3.34. The van der Waals surface area contributed by atoms with Gasteiger partial charge >= 0.3 is 5.97 Å². The van der Waals surface area contributed by atoms with Crippen molar-refractivity contribution in [2.24, 2.45) is 5.92 Å². The number of carboxylic acid groups (broad SMARTS) is 1. The Morgan fingerprint density at radius 2 is 1.79 bits per heavy atom. The number of benzene rings is 3. The van der Waals surface area contributed by atoms with Crippen LogP contribution in [-0.4, -0.2) is 32.4 Å². The summed E-state index contributed by atoms with van der Waals surface area (Å²) in [5, 5.41) is 11.1. The number of anilines is 1. The molecular weight excluding hydrogens is 438 g/mol. The van der Waals surface area contributed by atoms with Crippen LogP contribution in [0.25, 0.3) is 21.9 Å². The topological polar surface area (TPSA) is 92.7 Å². The van der Waals surface area contributed by atoms with Gasteiger partial charge in [0.1, 0.15) is 5.75 Å². The fourth-order valence-corrected chi connectivity index (χ4v) is 5.05. The third-order valence-corrected chi connectivity index (χ3v) is 6.70. The standard InChI is InChI=1S/C26H29NO5S/c1-33(30,31)27-23-13-11-20-15-22(10-9-21(20)16-23)24-8-4-7-19(12-14-25(28)29)26(24)32-17-18-5-2-3-6-18/h4,7-11,13,15-16,18,27H,2-3,5-6,12,14,17H2,1H3,(H,28,29). The molecule has 0 spiro atoms. The molecule has 1 aliphatic carbocycles. The zero-order chi connectivity index (χ0) is 23.4. The molecule has 0 amide bonds. The maximum atomic E-state index is 11.5. The van der Waals surface area contributed by atoms with E-state index in [4.69, 9.17) is 4.74 Å². The lowest BCUT2D eigenvalue weighted by Gasteiger charge is -2.19. The first-order chi connectivity index (χ1) is 15.8. The normalized spacial score (nSPS) is 14.5. The molecule has 174 valence electrons. The van der Waals surface area contributed by atoms with E-state index in [1.807, 2.05) is 36.4 Å². The number of carbonyl (C=O) groups is 1. The van der Waals surface area contributed by atoms with Crippen molar-refractivity contribution in [1.82, 2.24) is 0 Å². The summed E-state index contributed by atoms with van der Waals surface area (Å²) in [5.74, 6) is 0.481. The molecule has 0 radical (unpaired) electrons. The third kappa shape index (κ3) is 6.05. The van der Waals surface area contributed by atoms with E-state index in [-0.39, 0.29) is 6.42 Å². The zero-order valence-electron chi connectivity index (χ0n) is 18.7. The van der Waals surface area contributed by atoms with Gasteiger partial charge in [-0.05, 0) is 65.3 Å². The van der Waals surface area contributed by atoms with E-state index in [0.717, 1.165) is 39.5 Å². The maximum absolute atomic E-state index is 11.5. The first-order valence-corrected chi connectivity index (χ1v) is 13.2. The molecule has 0 bridgehead atoms. The quantitative estimate of drug-likeness (QED) is 0.436. The van der Waals surface area contributed by atoms with Crippen LogP contribution < -0.4 is 9.46 Å². The van der Waals surface area contributed by atoms with E-state index in [9.17, 15) is 18.3 Å². The molecule has 2 N–H and O–H groups in total. The predicted octanol–water partition coefficient (Wildman–Crippen LogP) is 5.46. The lowest BCUT2D eigenvalue weighted by molar-refractivity contribution is -0.136. The molecule has 1 saturated carbocycles. The average molecular weight is 468 g/mol. The third-order valence-electron chi connectivity index (χ3n) is 6.10. The number of aliphatic carboxylic acids is 1. The molecule has 0 heterocycles. The summed E-state index contributed by atoms with van der Waals surface area (Å²) >= 11 is 0. The Morgan fingerprint density at radius 1 is 1.06 bits per heavy atom. The Hall–Kier alpha value is -3.06. The largest absolute Gasteiger partial charge is 0.492 e. The summed E-state index contributed by atoms with van der Waals surface area (Å²) in [7, 11) is -3.34. The molecule has 0 atom stereocenters. The van der Waals surface area contributed by atoms with E-state index < -0.39 is 16.0 Å². The molecule has 0 saturated heterocycles. The van der Waals surface area contributed by atoms with Crippen LogP contribution in [0.1, 0.15) is 37.7 Å². The van der Waals surface area contributed by atoms with Crippen LogP contribution in [0.3, 0.4) is 0 Å². The number of fused-ring (bicyclic) bond motifs is 1. The first-order valence-electron chi connectivity index (χ1n) is 11.3. The van der Waals surface area contributed by atoms with Gasteiger partial charge in [-0.2, -0.15) is 0 Å². The predicted molar refractivity (Wildman–Crippen MR) is 131 cm³/mol. The van der Waals surface area contributed by atoms with Crippen molar-refractivity contribution in [1.29, 1.82) is 0 Å². The van der Waals surface area contributed by atoms with E-state index in [1.54, 1.807) is 12.1 Å². The molecule has 3 aromatic carbocycles. The van der Waals surface area contributed by atoms with Gasteiger partial charge in [0.15, 0.2) is 0 Å². The lowest BCUT2D eigenvalue weighted by atomic mass is 9.96. The molecular formula is C26H29NO5S. The van der Waals surface area contributed by atoms with Crippen molar-refractivity contribution in [3.8, 4) is 16.9 Å². The van der Waals surface area contributed by atoms with E-state index in [1.165, 1.54) is 25.7 Å². The lowest BCUT2D eigenvalue weighted by Crippen LogP contribution is -2.10. The van der Waals surface area contributed by atoms with Crippen LogP contribution >= 0.6 is 0 Å². The van der Waals surface area contributed by atoms with Crippen LogP contribution in [0.15, 0.2) is 54.6 Å². The minimum absolute atomic E-state index is 0.0527. The van der Waals surface area contributed by atoms with Crippen LogP contribution in [-0.2, 0) is 21.2 Å². The van der Waals surface area contributed by atoms with Crippen molar-refractivity contribution < 1.29 is 23.1 Å². The molecule has 1 fully saturated rings. The van der Waals surface area contributed by atoms with Gasteiger partial charge in [-0.1, -0.05) is 49.2 Å². The second kappa shape index (κ2) is 9.83. The summed E-state index contributed by atoms with van der Waals surface area (Å²) in [6.45, 7) is 0.644. The van der Waals surface area contributed by atoms with Crippen LogP contribution in [0.5, 0.6) is 5.75 Å². The van der Waals surface area contributed by atoms with Gasteiger partial charge in [-0.15, -0.1) is 0 Å². The molecule has 0 aliphatic heterocycles. The second-order valence-electron chi connectivity index (χ2n) is 8.80. The second-order valence-corrected chi connectivity index (χ2v) is 10.5. The maximum Gasteiger partial charge on any atom is 0.303 e. The molecule has 33 heavy (non-hydrogen) atoms. The van der Waals surface area contributed by atoms with Crippen LogP contribution in [0.2, 0.25) is 0 Å². The van der Waals surface area contributed by atoms with Crippen LogP contribution in [0, 0.1) is 5.92 Å². The van der Waals surface area contributed by atoms with Gasteiger partial charge in [0.25, 0.3) is 0 Å². The van der Waals surface area contributed by atoms with Crippen LogP contribution in [0.4, 0.5) is 5.69 Å². The SMILES string of the molecule is CS(=O)(=O)Nc1ccc2cc(-c3cccc(CCC(=O)O)c3OCC3CCCC3)ccc2c1. The monoisotopic (exact) mass is 467 g/mol. The highest BCUT2D eigenvalue weighted by Gasteiger charge is 2.19. The van der Waals surface area contributed by atoms with Gasteiger partial charge in [-0.25, -0.2) is 8.42 Å². The Bertz CT molecular complexity index is 1260. The highest BCUT2D eigenvalue weighted by atomic mass is 32.2. The summed E-state index contributed by atoms with van der Waals surface area (Å²) in [6, 6.07) is 17.3. The number of ether oxygens (including phenoxy) is 1. The summed E-state index contributed by atoms with van der Waals surface area (Å²) in [6.07, 6.45) is 6.42. The van der Waals surface area contributed by atoms with Crippen molar-refractivity contribution in [3.63, 3.8) is 0 Å². The molecule has 1 aliphatic rings. The Labute approximate surface area is 194 Å². The van der Waals surface area contributed by atoms with E-state index in [0.29, 0.717) is 24.6 Å². The van der Waals surface area contributed by atoms with E-state index >= 15 is 0 Å². The average Bonchev–Trinajstić information content (AvgIpc) is 3.28. The smallest absolute Gasteiger partial charge is 0.303 e. The number of hydrogen-bond donors (Lipinski definition) is 2. The molecule has 0 aromatic heterocycles. The Morgan fingerprint density at radius 3 is 2.52 bits per heavy atom. The number of carboxylic acids is 1. The number of aryl methyl sites for hydroxylation is 1. The number of para-hydroxylation sites is 1. The number of hydrogen-bond acceptors (Lipinski definition) is 4. The van der Waals surface area contributed by atoms with Gasteiger partial charge in [0.2, 0.25) is 10.0 Å². The van der Waals surface area contributed by atoms with Gasteiger partial charge in [0, 0.05) is 17.7 Å². The molecule has 0 unspecified atom stereocenters. The van der Waals surface area contributed by atoms with Gasteiger partial charge in [0.05, 0.1) is 12.9 Å². The molecule has 7 heteroatoms. The Kier molecular flexibility index (Phi) is 6.88. The van der Waals surface area contributed by atoms with Gasteiger partial charge in [-0.3, -0.25) is 9.52 Å². The fourth-order valence-electron chi connectivity index (χ4n) is 4.49. The number of nitrogens with one attached hydrogen (secondary N) is 1. The summed E-state index contributed by atoms with van der Waals surface area (Å²) in [4.78, 5) is 11.2.